The lowest BCUT2D eigenvalue weighted by molar-refractivity contribution is -0.147. The average molecular weight is 466 g/mol. The first-order chi connectivity index (χ1) is 16.4. The predicted octanol–water partition coefficient (Wildman–Crippen LogP) is 4.60. The molecule has 0 N–H and O–H groups in total. The number of carbonyl (C=O) groups is 2. The van der Waals surface area contributed by atoms with Crippen LogP contribution in [0.2, 0.25) is 0 Å². The fourth-order valence-corrected chi connectivity index (χ4v) is 4.82. The van der Waals surface area contributed by atoms with Crippen LogP contribution >= 0.6 is 0 Å². The smallest absolute Gasteiger partial charge is 0.315 e. The van der Waals surface area contributed by atoms with Crippen LogP contribution in [0.4, 0.5) is 4.39 Å². The number of hydrogen-bond donors (Lipinski definition) is 0. The molecule has 1 unspecified atom stereocenters. The number of carbonyl (C=O) groups excluding carboxylic acids is 2. The zero-order chi connectivity index (χ0) is 24.2. The van der Waals surface area contributed by atoms with Crippen LogP contribution in [0.1, 0.15) is 42.7 Å². The van der Waals surface area contributed by atoms with Crippen molar-refractivity contribution in [2.45, 2.75) is 31.6 Å². The molecular weight excluding hydrogens is 437 g/mol. The van der Waals surface area contributed by atoms with E-state index in [-0.39, 0.29) is 30.7 Å². The van der Waals surface area contributed by atoms with Crippen molar-refractivity contribution in [2.75, 3.05) is 27.4 Å². The molecule has 1 aliphatic heterocycles. The van der Waals surface area contributed by atoms with E-state index in [2.05, 4.69) is 0 Å². The van der Waals surface area contributed by atoms with Crippen molar-refractivity contribution >= 4 is 17.5 Å². The average Bonchev–Trinajstić information content (AvgIpc) is 2.83. The Morgan fingerprint density at radius 2 is 1.68 bits per heavy atom. The van der Waals surface area contributed by atoms with Crippen LogP contribution in [0, 0.1) is 11.7 Å². The Morgan fingerprint density at radius 3 is 2.32 bits per heavy atom. The minimum absolute atomic E-state index is 0.0206. The van der Waals surface area contributed by atoms with Gasteiger partial charge in [0.15, 0.2) is 5.78 Å². The highest BCUT2D eigenvalue weighted by atomic mass is 19.1. The van der Waals surface area contributed by atoms with E-state index in [9.17, 15) is 14.0 Å². The van der Waals surface area contributed by atoms with Crippen LogP contribution in [0.15, 0.2) is 64.8 Å². The summed E-state index contributed by atoms with van der Waals surface area (Å²) in [5.41, 5.74) is 3.51. The van der Waals surface area contributed by atoms with Gasteiger partial charge in [0.1, 0.15) is 24.1 Å². The number of ether oxygens (including phenoxy) is 3. The first kappa shape index (κ1) is 23.8. The van der Waals surface area contributed by atoms with E-state index >= 15 is 0 Å². The molecule has 1 aliphatic carbocycles. The highest BCUT2D eigenvalue weighted by molar-refractivity contribution is 6.09. The molecule has 0 fully saturated rings. The molecule has 2 aromatic rings. The molecule has 0 saturated carbocycles. The summed E-state index contributed by atoms with van der Waals surface area (Å²) in [6.45, 7) is 2.16. The van der Waals surface area contributed by atoms with E-state index in [4.69, 9.17) is 19.2 Å². The number of ketones is 1. The van der Waals surface area contributed by atoms with Gasteiger partial charge in [0.2, 0.25) is 0 Å². The number of nitrogens with zero attached hydrogens (tertiary/aromatic N) is 1. The SMILES string of the molecule is COCCOC(=O)C1C(C)=NC2=C(C(=O)C[C@H](c3ccc(OC)cc3)C2)[C@H]1c1ccc(F)cc1. The van der Waals surface area contributed by atoms with Gasteiger partial charge in [-0.3, -0.25) is 14.6 Å². The lowest BCUT2D eigenvalue weighted by Gasteiger charge is -2.36. The number of hydrogen-bond acceptors (Lipinski definition) is 6. The summed E-state index contributed by atoms with van der Waals surface area (Å²) in [7, 11) is 3.14. The molecule has 2 aliphatic rings. The molecule has 0 radical (unpaired) electrons. The van der Waals surface area contributed by atoms with Crippen molar-refractivity contribution < 1.29 is 28.2 Å². The van der Waals surface area contributed by atoms with Crippen LogP contribution < -0.4 is 4.74 Å². The predicted molar refractivity (Wildman–Crippen MR) is 126 cm³/mol. The van der Waals surface area contributed by atoms with E-state index in [1.807, 2.05) is 24.3 Å². The molecule has 178 valence electrons. The number of Topliss-reactive ketones (excluding diaryl/α,β-unsaturated/α-hetero) is 1. The van der Waals surface area contributed by atoms with E-state index in [1.165, 1.54) is 19.2 Å². The quantitative estimate of drug-likeness (QED) is 0.441. The zero-order valence-electron chi connectivity index (χ0n) is 19.5. The second kappa shape index (κ2) is 10.3. The monoisotopic (exact) mass is 465 g/mol. The Labute approximate surface area is 198 Å². The Morgan fingerprint density at radius 1 is 1.00 bits per heavy atom. The summed E-state index contributed by atoms with van der Waals surface area (Å²) in [6.07, 6.45) is 0.886. The molecule has 3 atom stereocenters. The second-order valence-electron chi connectivity index (χ2n) is 8.58. The molecule has 6 nitrogen and oxygen atoms in total. The largest absolute Gasteiger partial charge is 0.497 e. The molecule has 0 saturated heterocycles. The van der Waals surface area contributed by atoms with Gasteiger partial charge in [-0.1, -0.05) is 24.3 Å². The molecule has 0 bridgehead atoms. The molecule has 34 heavy (non-hydrogen) atoms. The second-order valence-corrected chi connectivity index (χ2v) is 8.58. The lowest BCUT2D eigenvalue weighted by Crippen LogP contribution is -2.38. The summed E-state index contributed by atoms with van der Waals surface area (Å²) < 4.78 is 29.3. The van der Waals surface area contributed by atoms with Crippen molar-refractivity contribution in [2.24, 2.45) is 10.9 Å². The molecular formula is C27H28FNO5. The minimum Gasteiger partial charge on any atom is -0.497 e. The molecule has 0 spiro atoms. The third-order valence-corrected chi connectivity index (χ3v) is 6.49. The van der Waals surface area contributed by atoms with Crippen molar-refractivity contribution in [3.05, 3.63) is 76.7 Å². The summed E-state index contributed by atoms with van der Waals surface area (Å²) in [4.78, 5) is 31.3. The third kappa shape index (κ3) is 4.80. The van der Waals surface area contributed by atoms with E-state index in [0.717, 1.165) is 11.3 Å². The molecule has 1 heterocycles. The number of rotatable bonds is 7. The van der Waals surface area contributed by atoms with Gasteiger partial charge >= 0.3 is 5.97 Å². The van der Waals surface area contributed by atoms with E-state index < -0.39 is 17.8 Å². The third-order valence-electron chi connectivity index (χ3n) is 6.49. The number of esters is 1. The Balaban J connectivity index is 1.72. The van der Waals surface area contributed by atoms with Crippen molar-refractivity contribution in [1.82, 2.24) is 0 Å². The van der Waals surface area contributed by atoms with Gasteiger partial charge in [0.05, 0.1) is 13.7 Å². The number of methoxy groups -OCH3 is 2. The summed E-state index contributed by atoms with van der Waals surface area (Å²) in [6, 6.07) is 13.6. The number of allylic oxidation sites excluding steroid dienone is 2. The topological polar surface area (TPSA) is 74.2 Å². The Hall–Kier alpha value is -3.32. The van der Waals surface area contributed by atoms with Gasteiger partial charge in [-0.2, -0.15) is 0 Å². The number of aliphatic imine (C=N–C) groups is 1. The summed E-state index contributed by atoms with van der Waals surface area (Å²) >= 11 is 0. The van der Waals surface area contributed by atoms with Gasteiger partial charge in [-0.25, -0.2) is 4.39 Å². The van der Waals surface area contributed by atoms with Gasteiger partial charge in [0.25, 0.3) is 0 Å². The number of benzene rings is 2. The first-order valence-corrected chi connectivity index (χ1v) is 11.3. The normalized spacial score (nSPS) is 22.2. The summed E-state index contributed by atoms with van der Waals surface area (Å²) in [5, 5.41) is 0. The maximum atomic E-state index is 13.7. The molecule has 0 amide bonds. The number of halogens is 1. The minimum atomic E-state index is -0.762. The molecule has 4 rings (SSSR count). The van der Waals surface area contributed by atoms with Crippen LogP contribution in [0.5, 0.6) is 5.75 Å². The van der Waals surface area contributed by atoms with Crippen molar-refractivity contribution in [1.29, 1.82) is 0 Å². The fraction of sp³-hybridized carbons (Fsp3) is 0.370. The zero-order valence-corrected chi connectivity index (χ0v) is 19.5. The Bertz CT molecular complexity index is 1120. The first-order valence-electron chi connectivity index (χ1n) is 11.3. The van der Waals surface area contributed by atoms with Crippen LogP contribution in [-0.2, 0) is 19.1 Å². The summed E-state index contributed by atoms with van der Waals surface area (Å²) in [5.74, 6) is -1.51. The highest BCUT2D eigenvalue weighted by Gasteiger charge is 2.44. The fourth-order valence-electron chi connectivity index (χ4n) is 4.82. The van der Waals surface area contributed by atoms with Gasteiger partial charge in [-0.05, 0) is 54.7 Å². The standard InChI is InChI=1S/C27H28FNO5/c1-16-24(27(31)34-13-12-32-2)25(18-4-8-20(28)9-5-18)26-22(29-16)14-19(15-23(26)30)17-6-10-21(33-3)11-7-17/h4-11,19,24-25H,12-15H2,1-3H3/t19-,24?,25+/m1/s1. The van der Waals surface area contributed by atoms with Crippen LogP contribution in [-0.4, -0.2) is 44.9 Å². The van der Waals surface area contributed by atoms with Gasteiger partial charge in [-0.15, -0.1) is 0 Å². The van der Waals surface area contributed by atoms with Crippen molar-refractivity contribution in [3.8, 4) is 5.75 Å². The maximum Gasteiger partial charge on any atom is 0.315 e. The van der Waals surface area contributed by atoms with Gasteiger partial charge < -0.3 is 14.2 Å². The van der Waals surface area contributed by atoms with Gasteiger partial charge in [0, 0.05) is 36.4 Å². The van der Waals surface area contributed by atoms with E-state index in [1.54, 1.807) is 26.2 Å². The molecule has 2 aromatic carbocycles. The Kier molecular flexibility index (Phi) is 7.22. The van der Waals surface area contributed by atoms with Crippen LogP contribution in [0.25, 0.3) is 0 Å². The molecule has 0 aromatic heterocycles. The highest BCUT2D eigenvalue weighted by Crippen LogP contribution is 2.47. The maximum absolute atomic E-state index is 13.7. The lowest BCUT2D eigenvalue weighted by atomic mass is 9.69. The van der Waals surface area contributed by atoms with Crippen molar-refractivity contribution in [3.63, 3.8) is 0 Å². The van der Waals surface area contributed by atoms with Crippen LogP contribution in [0.3, 0.4) is 0 Å². The molecule has 7 heteroatoms. The van der Waals surface area contributed by atoms with E-state index in [0.29, 0.717) is 35.4 Å².